The molecule has 2 N–H and O–H groups in total. The molecule has 2 fully saturated rings. The molecule has 2 aliphatic rings. The summed E-state index contributed by atoms with van der Waals surface area (Å²) in [7, 11) is 1.80. The van der Waals surface area contributed by atoms with Crippen LogP contribution in [-0.4, -0.2) is 90.1 Å². The van der Waals surface area contributed by atoms with Crippen molar-refractivity contribution in [2.45, 2.75) is 19.3 Å². The highest BCUT2D eigenvalue weighted by Crippen LogP contribution is 2.20. The molecule has 3 rings (SSSR count). The first-order valence-corrected chi connectivity index (χ1v) is 11.6. The van der Waals surface area contributed by atoms with E-state index in [2.05, 4.69) is 25.4 Å². The van der Waals surface area contributed by atoms with E-state index in [4.69, 9.17) is 9.47 Å². The Morgan fingerprint density at radius 1 is 1.16 bits per heavy atom. The van der Waals surface area contributed by atoms with Gasteiger partial charge in [0.25, 0.3) is 0 Å². The lowest BCUT2D eigenvalue weighted by molar-refractivity contribution is 0.0888. The van der Waals surface area contributed by atoms with Crippen LogP contribution >= 0.6 is 24.0 Å². The normalized spacial score (nSPS) is 19.6. The van der Waals surface area contributed by atoms with E-state index in [0.717, 1.165) is 103 Å². The third-order valence-electron chi connectivity index (χ3n) is 5.87. The van der Waals surface area contributed by atoms with Crippen LogP contribution in [0.3, 0.4) is 0 Å². The third-order valence-corrected chi connectivity index (χ3v) is 5.87. The number of para-hydroxylation sites is 1. The highest BCUT2D eigenvalue weighted by molar-refractivity contribution is 14.0. The number of hydrogen-bond acceptors (Lipinski definition) is 5. The number of aliphatic imine (C=N–C) groups is 1. The number of hydrogen-bond donors (Lipinski definition) is 2. The van der Waals surface area contributed by atoms with Crippen LogP contribution in [0.1, 0.15) is 19.3 Å². The highest BCUT2D eigenvalue weighted by Gasteiger charge is 2.19. The quantitative estimate of drug-likeness (QED) is 0.187. The Balaban J connectivity index is 0.00000363. The molecule has 0 saturated carbocycles. The minimum absolute atomic E-state index is 0. The van der Waals surface area contributed by atoms with Crippen molar-refractivity contribution in [3.05, 3.63) is 30.1 Å². The van der Waals surface area contributed by atoms with Gasteiger partial charge in [0.15, 0.2) is 5.96 Å². The average Bonchev–Trinajstić information content (AvgIpc) is 3.32. The van der Waals surface area contributed by atoms with Crippen LogP contribution < -0.4 is 15.5 Å². The van der Waals surface area contributed by atoms with Gasteiger partial charge in [-0.05, 0) is 37.9 Å². The molecule has 1 atom stereocenters. The number of halogens is 2. The van der Waals surface area contributed by atoms with Gasteiger partial charge in [0.2, 0.25) is 0 Å². The zero-order chi connectivity index (χ0) is 21.7. The monoisotopic (exact) mass is 563 g/mol. The minimum Gasteiger partial charge on any atom is -0.381 e. The maximum Gasteiger partial charge on any atom is 0.190 e. The number of anilines is 1. The molecule has 0 amide bonds. The molecule has 9 heteroatoms. The summed E-state index contributed by atoms with van der Waals surface area (Å²) in [4.78, 5) is 8.87. The maximum absolute atomic E-state index is 14.0. The minimum atomic E-state index is -0.131. The smallest absolute Gasteiger partial charge is 0.190 e. The molecule has 7 nitrogen and oxygen atoms in total. The van der Waals surface area contributed by atoms with Crippen molar-refractivity contribution in [1.29, 1.82) is 0 Å². The molecule has 1 unspecified atom stereocenters. The molecular weight excluding hydrogens is 524 g/mol. The summed E-state index contributed by atoms with van der Waals surface area (Å²) in [6.07, 6.45) is 3.13. The second-order valence-electron chi connectivity index (χ2n) is 8.22. The number of nitrogens with one attached hydrogen (secondary N) is 2. The number of rotatable bonds is 11. The molecule has 0 spiro atoms. The van der Waals surface area contributed by atoms with Crippen molar-refractivity contribution in [2.24, 2.45) is 10.9 Å². The Morgan fingerprint density at radius 2 is 1.91 bits per heavy atom. The summed E-state index contributed by atoms with van der Waals surface area (Å²) < 4.78 is 25.0. The first-order chi connectivity index (χ1) is 15.3. The van der Waals surface area contributed by atoms with E-state index >= 15 is 0 Å². The summed E-state index contributed by atoms with van der Waals surface area (Å²) in [5, 5.41) is 6.73. The van der Waals surface area contributed by atoms with Crippen LogP contribution in [0.15, 0.2) is 29.3 Å². The molecule has 0 radical (unpaired) electrons. The number of piperazine rings is 1. The Bertz CT molecular complexity index is 668. The van der Waals surface area contributed by atoms with Crippen molar-refractivity contribution in [1.82, 2.24) is 15.5 Å². The van der Waals surface area contributed by atoms with E-state index in [-0.39, 0.29) is 29.8 Å². The predicted molar refractivity (Wildman–Crippen MR) is 139 cm³/mol. The zero-order valence-electron chi connectivity index (χ0n) is 19.2. The van der Waals surface area contributed by atoms with E-state index in [1.165, 1.54) is 6.07 Å². The van der Waals surface area contributed by atoms with Crippen molar-refractivity contribution in [2.75, 3.05) is 84.2 Å². The molecule has 0 bridgehead atoms. The van der Waals surface area contributed by atoms with Gasteiger partial charge in [-0.2, -0.15) is 0 Å². The van der Waals surface area contributed by atoms with Crippen molar-refractivity contribution >= 4 is 35.6 Å². The molecule has 32 heavy (non-hydrogen) atoms. The van der Waals surface area contributed by atoms with Gasteiger partial charge in [0.1, 0.15) is 5.82 Å². The van der Waals surface area contributed by atoms with Crippen LogP contribution in [0.2, 0.25) is 0 Å². The van der Waals surface area contributed by atoms with Gasteiger partial charge < -0.3 is 25.0 Å². The zero-order valence-corrected chi connectivity index (χ0v) is 21.6. The fraction of sp³-hybridized carbons (Fsp3) is 0.696. The van der Waals surface area contributed by atoms with Crippen LogP contribution in [0.25, 0.3) is 0 Å². The number of nitrogens with zero attached hydrogens (tertiary/aromatic N) is 3. The van der Waals surface area contributed by atoms with Gasteiger partial charge in [-0.3, -0.25) is 9.89 Å². The molecule has 1 aromatic carbocycles. The largest absolute Gasteiger partial charge is 0.381 e. The molecule has 2 aliphatic heterocycles. The molecule has 182 valence electrons. The van der Waals surface area contributed by atoms with Crippen LogP contribution in [0.5, 0.6) is 0 Å². The van der Waals surface area contributed by atoms with Crippen molar-refractivity contribution < 1.29 is 13.9 Å². The SMILES string of the molecule is CN=C(NCCCOCC1CCOC1)NCCCN1CCN(c2ccccc2F)CC1.I. The summed E-state index contributed by atoms with van der Waals surface area (Å²) >= 11 is 0. The fourth-order valence-electron chi connectivity index (χ4n) is 4.00. The molecule has 1 aromatic rings. The Labute approximate surface area is 209 Å². The van der Waals surface area contributed by atoms with Crippen molar-refractivity contribution in [3.8, 4) is 0 Å². The van der Waals surface area contributed by atoms with E-state index in [0.29, 0.717) is 5.92 Å². The average molecular weight is 564 g/mol. The van der Waals surface area contributed by atoms with Gasteiger partial charge in [-0.25, -0.2) is 4.39 Å². The summed E-state index contributed by atoms with van der Waals surface area (Å²) in [5.41, 5.74) is 0.719. The second kappa shape index (κ2) is 15.6. The van der Waals surface area contributed by atoms with Gasteiger partial charge in [-0.15, -0.1) is 24.0 Å². The van der Waals surface area contributed by atoms with Crippen molar-refractivity contribution in [3.63, 3.8) is 0 Å². The van der Waals surface area contributed by atoms with E-state index < -0.39 is 0 Å². The van der Waals surface area contributed by atoms with E-state index in [1.54, 1.807) is 13.1 Å². The Hall–Kier alpha value is -1.17. The molecule has 2 saturated heterocycles. The lowest BCUT2D eigenvalue weighted by Crippen LogP contribution is -2.47. The standard InChI is InChI=1S/C23H38FN5O2.HI/c1-25-23(27-10-5-16-30-18-20-8-17-31-19-20)26-9-4-11-28-12-14-29(15-13-28)22-7-3-2-6-21(22)24;/h2-3,6-7,20H,4-5,8-19H2,1H3,(H2,25,26,27);1H. The predicted octanol–water partition coefficient (Wildman–Crippen LogP) is 2.56. The Morgan fingerprint density at radius 3 is 2.59 bits per heavy atom. The first-order valence-electron chi connectivity index (χ1n) is 11.6. The molecule has 0 aliphatic carbocycles. The molecule has 0 aromatic heterocycles. The lowest BCUT2D eigenvalue weighted by Gasteiger charge is -2.36. The van der Waals surface area contributed by atoms with Gasteiger partial charge >= 0.3 is 0 Å². The second-order valence-corrected chi connectivity index (χ2v) is 8.22. The Kier molecular flexibility index (Phi) is 13.2. The summed E-state index contributed by atoms with van der Waals surface area (Å²) in [6.45, 7) is 9.72. The maximum atomic E-state index is 14.0. The van der Waals surface area contributed by atoms with Gasteiger partial charge in [0.05, 0.1) is 18.9 Å². The number of ether oxygens (including phenoxy) is 2. The topological polar surface area (TPSA) is 61.4 Å². The van der Waals surface area contributed by atoms with Gasteiger partial charge in [0, 0.05) is 65.4 Å². The van der Waals surface area contributed by atoms with Crippen LogP contribution in [-0.2, 0) is 9.47 Å². The molecular formula is C23H39FIN5O2. The van der Waals surface area contributed by atoms with E-state index in [1.807, 2.05) is 12.1 Å². The summed E-state index contributed by atoms with van der Waals surface area (Å²) in [6, 6.07) is 7.04. The van der Waals surface area contributed by atoms with Crippen LogP contribution in [0, 0.1) is 11.7 Å². The summed E-state index contributed by atoms with van der Waals surface area (Å²) in [5.74, 6) is 1.28. The fourth-order valence-corrected chi connectivity index (χ4v) is 4.00. The number of guanidine groups is 1. The van der Waals surface area contributed by atoms with E-state index in [9.17, 15) is 4.39 Å². The number of benzene rings is 1. The lowest BCUT2D eigenvalue weighted by atomic mass is 10.1. The third kappa shape index (κ3) is 9.36. The van der Waals surface area contributed by atoms with Gasteiger partial charge in [-0.1, -0.05) is 12.1 Å². The van der Waals surface area contributed by atoms with Crippen LogP contribution in [0.4, 0.5) is 10.1 Å². The molecule has 2 heterocycles. The highest BCUT2D eigenvalue weighted by atomic mass is 127. The first kappa shape index (κ1) is 27.1.